The first-order valence-corrected chi connectivity index (χ1v) is 12.3. The van der Waals surface area contributed by atoms with Crippen LogP contribution in [0.2, 0.25) is 0 Å². The second kappa shape index (κ2) is 8.51. The quantitative estimate of drug-likeness (QED) is 0.409. The summed E-state index contributed by atoms with van der Waals surface area (Å²) in [6, 6.07) is 4.81. The van der Waals surface area contributed by atoms with E-state index in [9.17, 15) is 40.4 Å². The molecule has 0 N–H and O–H groups in total. The Balaban J connectivity index is 1.81. The molecule has 3 heterocycles. The number of fused-ring (bicyclic) bond motifs is 1. The van der Waals surface area contributed by atoms with Gasteiger partial charge in [-0.15, -0.1) is 0 Å². The van der Waals surface area contributed by atoms with Crippen molar-refractivity contribution in [2.24, 2.45) is 0 Å². The van der Waals surface area contributed by atoms with Crippen LogP contribution in [0.5, 0.6) is 0 Å². The molecule has 0 aromatic carbocycles. The molecule has 0 radical (unpaired) electrons. The van der Waals surface area contributed by atoms with Gasteiger partial charge in [-0.2, -0.15) is 14.0 Å². The molecule has 1 atom stereocenters. The minimum atomic E-state index is -5.11. The summed E-state index contributed by atoms with van der Waals surface area (Å²) in [6.07, 6.45) is -5.04. The maximum Gasteiger partial charge on any atom is 0.356 e. The lowest BCUT2D eigenvalue weighted by Gasteiger charge is -2.34. The average molecular weight is 514 g/mol. The Hall–Kier alpha value is -3.14. The number of hydrogen-bond acceptors (Lipinski definition) is 6. The minimum absolute atomic E-state index is 0.00876. The molecule has 1 fully saturated rings. The molecule has 7 nitrogen and oxygen atoms in total. The van der Waals surface area contributed by atoms with Crippen LogP contribution >= 0.6 is 0 Å². The van der Waals surface area contributed by atoms with Gasteiger partial charge in [0, 0.05) is 12.6 Å². The van der Waals surface area contributed by atoms with E-state index in [1.807, 2.05) is 0 Å². The highest BCUT2D eigenvalue weighted by molar-refractivity contribution is 7.91. The van der Waals surface area contributed by atoms with Crippen LogP contribution in [-0.2, 0) is 26.5 Å². The highest BCUT2D eigenvalue weighted by atomic mass is 32.2. The molecule has 4 rings (SSSR count). The third-order valence-corrected chi connectivity index (χ3v) is 8.01. The maximum atomic E-state index is 14.5. The molecule has 0 bridgehead atoms. The Labute approximate surface area is 197 Å². The third kappa shape index (κ3) is 4.13. The first-order chi connectivity index (χ1) is 16.4. The summed E-state index contributed by atoms with van der Waals surface area (Å²) in [5.41, 5.74) is -0.681. The fraction of sp³-hybridized carbons (Fsp3) is 0.455. The molecule has 1 saturated carbocycles. The summed E-state index contributed by atoms with van der Waals surface area (Å²) in [7, 11) is -3.84. The van der Waals surface area contributed by atoms with Crippen LogP contribution in [0.15, 0.2) is 29.4 Å². The van der Waals surface area contributed by atoms with Crippen molar-refractivity contribution in [3.05, 3.63) is 35.7 Å². The zero-order valence-electron chi connectivity index (χ0n) is 18.3. The molecular formula is C22H19F5N4O3S. The van der Waals surface area contributed by atoms with Gasteiger partial charge in [0.15, 0.2) is 9.84 Å². The van der Waals surface area contributed by atoms with Gasteiger partial charge in [0.25, 0.3) is 0 Å². The highest BCUT2D eigenvalue weighted by Gasteiger charge is 2.54. The molecule has 35 heavy (non-hydrogen) atoms. The van der Waals surface area contributed by atoms with Crippen LogP contribution in [-0.4, -0.2) is 48.7 Å². The lowest BCUT2D eigenvalue weighted by atomic mass is 9.98. The zero-order valence-corrected chi connectivity index (χ0v) is 19.1. The number of amides is 1. The van der Waals surface area contributed by atoms with Crippen LogP contribution in [0.1, 0.15) is 37.3 Å². The number of alkyl halides is 5. The molecule has 2 aromatic heterocycles. The Kier molecular flexibility index (Phi) is 6.07. The van der Waals surface area contributed by atoms with E-state index >= 15 is 0 Å². The summed E-state index contributed by atoms with van der Waals surface area (Å²) in [5, 5.41) is 9.46. The summed E-state index contributed by atoms with van der Waals surface area (Å²) < 4.78 is 92.9. The number of carbonyl (C=O) groups is 1. The topological polar surface area (TPSA) is 104 Å². The van der Waals surface area contributed by atoms with E-state index in [-0.39, 0.29) is 38.9 Å². The number of aromatic nitrogens is 2. The van der Waals surface area contributed by atoms with E-state index in [0.717, 1.165) is 6.20 Å². The van der Waals surface area contributed by atoms with Crippen molar-refractivity contribution in [1.82, 2.24) is 9.97 Å². The molecule has 186 valence electrons. The Morgan fingerprint density at radius 2 is 1.86 bits per heavy atom. The van der Waals surface area contributed by atoms with E-state index in [4.69, 9.17) is 0 Å². The van der Waals surface area contributed by atoms with E-state index in [0.29, 0.717) is 18.4 Å². The first-order valence-electron chi connectivity index (χ1n) is 10.6. The van der Waals surface area contributed by atoms with Crippen LogP contribution in [0, 0.1) is 11.3 Å². The van der Waals surface area contributed by atoms with Gasteiger partial charge in [-0.05, 0) is 42.5 Å². The van der Waals surface area contributed by atoms with Gasteiger partial charge in [-0.1, -0.05) is 6.92 Å². The number of hydrogen-bond donors (Lipinski definition) is 0. The molecule has 2 aromatic rings. The molecule has 1 amide bonds. The van der Waals surface area contributed by atoms with Crippen LogP contribution in [0.3, 0.4) is 0 Å². The van der Waals surface area contributed by atoms with Gasteiger partial charge < -0.3 is 0 Å². The fourth-order valence-corrected chi connectivity index (χ4v) is 5.01. The maximum absolute atomic E-state index is 14.5. The highest BCUT2D eigenvalue weighted by Crippen LogP contribution is 2.48. The minimum Gasteiger partial charge on any atom is -0.274 e. The number of nitrogens with zero attached hydrogens (tertiary/aromatic N) is 4. The van der Waals surface area contributed by atoms with Gasteiger partial charge in [0.1, 0.15) is 5.69 Å². The van der Waals surface area contributed by atoms with Crippen molar-refractivity contribution < 1.29 is 35.2 Å². The second-order valence-electron chi connectivity index (χ2n) is 8.44. The van der Waals surface area contributed by atoms with Gasteiger partial charge in [0.05, 0.1) is 39.7 Å². The number of aryl methyl sites for hydroxylation is 1. The number of pyridine rings is 2. The predicted molar refractivity (Wildman–Crippen MR) is 113 cm³/mol. The SMILES string of the molecule is CCS(=O)(=O)c1cc(C2(C#N)CC2)cnc1-c1cc2c(cn1)N(C(F)C(F)(F)C(F)F)C(=O)CC2. The van der Waals surface area contributed by atoms with Gasteiger partial charge in [-0.25, -0.2) is 21.6 Å². The van der Waals surface area contributed by atoms with Gasteiger partial charge >= 0.3 is 12.3 Å². The Bertz CT molecular complexity index is 1340. The molecule has 1 aliphatic carbocycles. The van der Waals surface area contributed by atoms with Crippen molar-refractivity contribution in [1.29, 1.82) is 5.26 Å². The van der Waals surface area contributed by atoms with Crippen molar-refractivity contribution in [3.8, 4) is 17.5 Å². The normalized spacial score (nSPS) is 18.2. The van der Waals surface area contributed by atoms with Crippen LogP contribution in [0.25, 0.3) is 11.4 Å². The Morgan fingerprint density at radius 3 is 2.43 bits per heavy atom. The number of carbonyl (C=O) groups excluding carboxylic acids is 1. The monoisotopic (exact) mass is 514 g/mol. The molecule has 1 unspecified atom stereocenters. The molecule has 2 aliphatic rings. The van der Waals surface area contributed by atoms with Crippen molar-refractivity contribution in [2.75, 3.05) is 10.7 Å². The second-order valence-corrected chi connectivity index (χ2v) is 10.7. The molecular weight excluding hydrogens is 495 g/mol. The molecule has 13 heteroatoms. The smallest absolute Gasteiger partial charge is 0.274 e. The predicted octanol–water partition coefficient (Wildman–Crippen LogP) is 3.97. The molecule has 0 saturated heterocycles. The third-order valence-electron chi connectivity index (χ3n) is 6.26. The van der Waals surface area contributed by atoms with E-state index in [1.165, 1.54) is 25.3 Å². The zero-order chi connectivity index (χ0) is 25.8. The lowest BCUT2D eigenvalue weighted by Crippen LogP contribution is -2.53. The summed E-state index contributed by atoms with van der Waals surface area (Å²) in [4.78, 5) is 20.2. The van der Waals surface area contributed by atoms with Gasteiger partial charge in [0.2, 0.25) is 12.2 Å². The van der Waals surface area contributed by atoms with Crippen molar-refractivity contribution >= 4 is 21.4 Å². The summed E-state index contributed by atoms with van der Waals surface area (Å²) in [5.74, 6) is -6.49. The molecule has 0 spiro atoms. The standard InChI is InChI=1S/C22H19F5N4O3S/c1-2-35(33,34)16-8-13(21(11-28)5-6-21)9-30-18(16)14-7-12-3-4-17(32)31(15(12)10-29-14)20(25)22(26,27)19(23)24/h7-10,19-20H,2-6H2,1H3. The van der Waals surface area contributed by atoms with Gasteiger partial charge in [-0.3, -0.25) is 19.7 Å². The number of nitriles is 1. The number of rotatable bonds is 7. The summed E-state index contributed by atoms with van der Waals surface area (Å²) >= 11 is 0. The first kappa shape index (κ1) is 25.0. The van der Waals surface area contributed by atoms with E-state index in [1.54, 1.807) is 0 Å². The largest absolute Gasteiger partial charge is 0.356 e. The average Bonchev–Trinajstić information content (AvgIpc) is 3.64. The van der Waals surface area contributed by atoms with Crippen LogP contribution < -0.4 is 4.90 Å². The van der Waals surface area contributed by atoms with Crippen molar-refractivity contribution in [3.63, 3.8) is 0 Å². The number of sulfone groups is 1. The van der Waals surface area contributed by atoms with E-state index in [2.05, 4.69) is 16.0 Å². The number of anilines is 1. The molecule has 1 aliphatic heterocycles. The fourth-order valence-electron chi connectivity index (χ4n) is 3.94. The number of halogens is 5. The van der Waals surface area contributed by atoms with Crippen molar-refractivity contribution in [2.45, 2.75) is 61.6 Å². The van der Waals surface area contributed by atoms with Crippen LogP contribution in [0.4, 0.5) is 27.6 Å². The lowest BCUT2D eigenvalue weighted by molar-refractivity contribution is -0.173. The summed E-state index contributed by atoms with van der Waals surface area (Å²) in [6.45, 7) is 1.43. The van der Waals surface area contributed by atoms with E-state index < -0.39 is 51.9 Å². The Morgan fingerprint density at radius 1 is 1.17 bits per heavy atom.